The first-order valence-electron chi connectivity index (χ1n) is 7.05. The number of aromatic nitrogens is 2. The Balaban J connectivity index is 1.81. The summed E-state index contributed by atoms with van der Waals surface area (Å²) in [6.07, 6.45) is -0.811. The number of aliphatic hydroxyl groups excluding tert-OH is 1. The molecule has 0 spiro atoms. The van der Waals surface area contributed by atoms with Gasteiger partial charge in [-0.3, -0.25) is 4.21 Å². The largest absolute Gasteiger partial charge is 0.390 e. The van der Waals surface area contributed by atoms with Crippen molar-refractivity contribution in [3.8, 4) is 0 Å². The Morgan fingerprint density at radius 2 is 1.82 bits per heavy atom. The van der Waals surface area contributed by atoms with Crippen molar-refractivity contribution in [2.75, 3.05) is 12.4 Å². The van der Waals surface area contributed by atoms with Crippen molar-refractivity contribution in [3.63, 3.8) is 0 Å². The molecule has 2 rings (SSSR count). The van der Waals surface area contributed by atoms with Gasteiger partial charge in [-0.2, -0.15) is 0 Å². The third kappa shape index (κ3) is 5.29. The molecular weight excluding hydrogens is 300 g/mol. The Labute approximate surface area is 132 Å². The van der Waals surface area contributed by atoms with Crippen LogP contribution in [0.1, 0.15) is 17.0 Å². The van der Waals surface area contributed by atoms with Gasteiger partial charge >= 0.3 is 0 Å². The highest BCUT2D eigenvalue weighted by molar-refractivity contribution is 7.84. The minimum absolute atomic E-state index is 0.0671. The summed E-state index contributed by atoms with van der Waals surface area (Å²) in [5.41, 5.74) is 2.57. The topological polar surface area (TPSA) is 72.3 Å². The van der Waals surface area contributed by atoms with E-state index in [1.54, 1.807) is 0 Å². The van der Waals surface area contributed by atoms with Gasteiger partial charge in [0.05, 0.1) is 35.9 Å². The van der Waals surface area contributed by atoms with E-state index >= 15 is 0 Å². The second-order valence-electron chi connectivity index (χ2n) is 5.10. The van der Waals surface area contributed by atoms with Crippen LogP contribution in [0.25, 0.3) is 0 Å². The Morgan fingerprint density at radius 1 is 1.18 bits per heavy atom. The van der Waals surface area contributed by atoms with Crippen LogP contribution in [0.3, 0.4) is 0 Å². The molecule has 1 aromatic carbocycles. The summed E-state index contributed by atoms with van der Waals surface area (Å²) in [5, 5.41) is 10.2. The fraction of sp³-hybridized carbons (Fsp3) is 0.375. The molecule has 0 unspecified atom stereocenters. The van der Waals surface area contributed by atoms with E-state index < -0.39 is 16.9 Å². The summed E-state index contributed by atoms with van der Waals surface area (Å²) in [6.45, 7) is 4.21. The van der Waals surface area contributed by atoms with Gasteiger partial charge in [-0.05, 0) is 25.5 Å². The zero-order valence-electron chi connectivity index (χ0n) is 12.7. The fourth-order valence-electron chi connectivity index (χ4n) is 1.98. The van der Waals surface area contributed by atoms with Crippen LogP contribution in [0.5, 0.6) is 0 Å². The Hall–Kier alpha value is -1.63. The lowest BCUT2D eigenvalue weighted by atomic mass is 10.2. The first-order chi connectivity index (χ1) is 10.5. The first kappa shape index (κ1) is 16.7. The molecule has 1 heterocycles. The van der Waals surface area contributed by atoms with Crippen molar-refractivity contribution in [1.29, 1.82) is 0 Å². The summed E-state index contributed by atoms with van der Waals surface area (Å²) in [5.74, 6) is 0.0671. The predicted octanol–water partition coefficient (Wildman–Crippen LogP) is 1.78. The number of benzene rings is 1. The van der Waals surface area contributed by atoms with Crippen LogP contribution in [-0.2, 0) is 22.1 Å². The number of ether oxygens (including phenoxy) is 1. The van der Waals surface area contributed by atoms with Crippen LogP contribution in [0.15, 0.2) is 41.6 Å². The third-order valence-electron chi connectivity index (χ3n) is 2.93. The van der Waals surface area contributed by atoms with Gasteiger partial charge in [0.25, 0.3) is 0 Å². The maximum atomic E-state index is 12.2. The van der Waals surface area contributed by atoms with E-state index in [4.69, 9.17) is 4.74 Å². The van der Waals surface area contributed by atoms with Gasteiger partial charge in [-0.25, -0.2) is 9.97 Å². The minimum Gasteiger partial charge on any atom is -0.390 e. The van der Waals surface area contributed by atoms with Crippen molar-refractivity contribution in [3.05, 3.63) is 53.3 Å². The molecular formula is C16H20N2O3S. The lowest BCUT2D eigenvalue weighted by Gasteiger charge is -2.11. The van der Waals surface area contributed by atoms with E-state index in [0.29, 0.717) is 6.61 Å². The van der Waals surface area contributed by atoms with Crippen molar-refractivity contribution < 1.29 is 14.1 Å². The first-order valence-corrected chi connectivity index (χ1v) is 8.37. The van der Waals surface area contributed by atoms with Crippen molar-refractivity contribution in [2.45, 2.75) is 31.7 Å². The highest BCUT2D eigenvalue weighted by Crippen LogP contribution is 2.06. The van der Waals surface area contributed by atoms with Crippen molar-refractivity contribution in [2.24, 2.45) is 0 Å². The second-order valence-corrected chi connectivity index (χ2v) is 6.49. The van der Waals surface area contributed by atoms with Crippen LogP contribution in [0, 0.1) is 13.8 Å². The van der Waals surface area contributed by atoms with Crippen LogP contribution < -0.4 is 0 Å². The van der Waals surface area contributed by atoms with Gasteiger partial charge in [-0.1, -0.05) is 30.3 Å². The van der Waals surface area contributed by atoms with Crippen molar-refractivity contribution >= 4 is 10.8 Å². The van der Waals surface area contributed by atoms with E-state index in [9.17, 15) is 9.32 Å². The predicted molar refractivity (Wildman–Crippen MR) is 84.9 cm³/mol. The molecule has 0 saturated heterocycles. The monoisotopic (exact) mass is 320 g/mol. The zero-order chi connectivity index (χ0) is 15.9. The SMILES string of the molecule is Cc1cc(C)nc([S@](=O)C[C@@H](O)COCc2ccccc2)n1. The standard InChI is InChI=1S/C16H20N2O3S/c1-12-8-13(2)18-16(17-12)22(20)11-15(19)10-21-9-14-6-4-3-5-7-14/h3-8,15,19H,9-11H2,1-2H3/t15-,22+/m0/s1. The molecule has 0 radical (unpaired) electrons. The molecule has 118 valence electrons. The van der Waals surface area contributed by atoms with E-state index in [2.05, 4.69) is 9.97 Å². The van der Waals surface area contributed by atoms with E-state index in [-0.39, 0.29) is 17.5 Å². The second kappa shape index (κ2) is 8.12. The van der Waals surface area contributed by atoms with Gasteiger partial charge < -0.3 is 9.84 Å². The molecule has 2 atom stereocenters. The highest BCUT2D eigenvalue weighted by atomic mass is 32.2. The number of nitrogens with zero attached hydrogens (tertiary/aromatic N) is 2. The van der Waals surface area contributed by atoms with Gasteiger partial charge in [0.1, 0.15) is 0 Å². The number of aliphatic hydroxyl groups is 1. The molecule has 1 aromatic heterocycles. The van der Waals surface area contributed by atoms with E-state index in [1.165, 1.54) is 0 Å². The van der Waals surface area contributed by atoms with Gasteiger partial charge in [-0.15, -0.1) is 0 Å². The number of hydrogen-bond donors (Lipinski definition) is 1. The van der Waals surface area contributed by atoms with Crippen LogP contribution in [0.4, 0.5) is 0 Å². The summed E-state index contributed by atoms with van der Waals surface area (Å²) in [4.78, 5) is 8.30. The van der Waals surface area contributed by atoms with Gasteiger partial charge in [0.2, 0.25) is 5.16 Å². The Kier molecular flexibility index (Phi) is 6.18. The smallest absolute Gasteiger partial charge is 0.219 e. The number of rotatable bonds is 7. The summed E-state index contributed by atoms with van der Waals surface area (Å²) in [7, 11) is -1.43. The maximum Gasteiger partial charge on any atom is 0.219 e. The molecule has 0 aliphatic heterocycles. The van der Waals surface area contributed by atoms with Crippen LogP contribution >= 0.6 is 0 Å². The quantitative estimate of drug-likeness (QED) is 0.787. The molecule has 0 aliphatic rings. The van der Waals surface area contributed by atoms with Crippen molar-refractivity contribution in [1.82, 2.24) is 9.97 Å². The Morgan fingerprint density at radius 3 is 2.45 bits per heavy atom. The lowest BCUT2D eigenvalue weighted by Crippen LogP contribution is -2.23. The zero-order valence-corrected chi connectivity index (χ0v) is 13.5. The third-order valence-corrected chi connectivity index (χ3v) is 4.21. The number of aryl methyl sites for hydroxylation is 2. The van der Waals surface area contributed by atoms with Crippen LogP contribution in [0.2, 0.25) is 0 Å². The molecule has 6 heteroatoms. The van der Waals surface area contributed by atoms with E-state index in [0.717, 1.165) is 17.0 Å². The molecule has 2 aromatic rings. The normalized spacial score (nSPS) is 13.8. The Bertz CT molecular complexity index is 614. The average Bonchev–Trinajstić information content (AvgIpc) is 2.47. The molecule has 0 saturated carbocycles. The molecule has 0 bridgehead atoms. The molecule has 1 N–H and O–H groups in total. The summed E-state index contributed by atoms with van der Waals surface area (Å²) >= 11 is 0. The van der Waals surface area contributed by atoms with Gasteiger partial charge in [0.15, 0.2) is 0 Å². The van der Waals surface area contributed by atoms with Gasteiger partial charge in [0, 0.05) is 11.4 Å². The molecule has 22 heavy (non-hydrogen) atoms. The lowest BCUT2D eigenvalue weighted by molar-refractivity contribution is 0.0394. The fourth-order valence-corrected chi connectivity index (χ4v) is 3.07. The minimum atomic E-state index is -1.43. The number of hydrogen-bond acceptors (Lipinski definition) is 5. The molecule has 0 amide bonds. The summed E-state index contributed by atoms with van der Waals surface area (Å²) < 4.78 is 17.6. The maximum absolute atomic E-state index is 12.2. The molecule has 0 fully saturated rings. The average molecular weight is 320 g/mol. The van der Waals surface area contributed by atoms with E-state index in [1.807, 2.05) is 50.2 Å². The molecule has 5 nitrogen and oxygen atoms in total. The van der Waals surface area contributed by atoms with Crippen LogP contribution in [-0.4, -0.2) is 37.7 Å². The molecule has 0 aliphatic carbocycles. The highest BCUT2D eigenvalue weighted by Gasteiger charge is 2.15. The summed E-state index contributed by atoms with van der Waals surface area (Å²) in [6, 6.07) is 11.5.